The van der Waals surface area contributed by atoms with Gasteiger partial charge >= 0.3 is 0 Å². The average molecular weight is 169 g/mol. The molecule has 0 aromatic carbocycles. The Morgan fingerprint density at radius 2 is 2.50 bits per heavy atom. The zero-order valence-corrected chi connectivity index (χ0v) is 6.56. The van der Waals surface area contributed by atoms with Crippen LogP contribution < -0.4 is 11.2 Å². The van der Waals surface area contributed by atoms with Crippen molar-refractivity contribution in [2.24, 2.45) is 11.7 Å². The first-order valence-electron chi connectivity index (χ1n) is 3.95. The molecule has 1 saturated carbocycles. The number of hydrazine groups is 1. The first-order chi connectivity index (χ1) is 5.79. The minimum absolute atomic E-state index is 0.333. The highest BCUT2D eigenvalue weighted by atomic mass is 16.7. The molecule has 1 aliphatic carbocycles. The van der Waals surface area contributed by atoms with E-state index in [1.165, 1.54) is 11.4 Å². The summed E-state index contributed by atoms with van der Waals surface area (Å²) in [6.07, 6.45) is 5.21. The summed E-state index contributed by atoms with van der Waals surface area (Å²) in [5, 5.41) is 1.40. The standard InChI is InChI=1S/C7H11N3O2/c8-7(11)6(5-1-2-5)10-9-3-4-12-10/h3-6,9H,1-2H2,(H2,8,11). The lowest BCUT2D eigenvalue weighted by atomic mass is 10.2. The number of rotatable bonds is 3. The maximum absolute atomic E-state index is 11.0. The van der Waals surface area contributed by atoms with E-state index in [2.05, 4.69) is 5.43 Å². The first kappa shape index (κ1) is 7.42. The third kappa shape index (κ3) is 1.23. The molecular weight excluding hydrogens is 158 g/mol. The van der Waals surface area contributed by atoms with Gasteiger partial charge in [-0.1, -0.05) is 0 Å². The summed E-state index contributed by atoms with van der Waals surface area (Å²) in [5.74, 6) is 0.0172. The maximum Gasteiger partial charge on any atom is 0.240 e. The van der Waals surface area contributed by atoms with Gasteiger partial charge in [0.25, 0.3) is 0 Å². The number of nitrogens with two attached hydrogens (primary N) is 1. The minimum atomic E-state index is -0.339. The van der Waals surface area contributed by atoms with Crippen molar-refractivity contribution in [3.05, 3.63) is 12.5 Å². The summed E-state index contributed by atoms with van der Waals surface area (Å²) in [4.78, 5) is 16.0. The van der Waals surface area contributed by atoms with Gasteiger partial charge in [-0.2, -0.15) is 0 Å². The van der Waals surface area contributed by atoms with Gasteiger partial charge in [-0.3, -0.25) is 10.2 Å². The van der Waals surface area contributed by atoms with Crippen LogP contribution in [0.25, 0.3) is 0 Å². The highest BCUT2D eigenvalue weighted by molar-refractivity contribution is 5.80. The van der Waals surface area contributed by atoms with Crippen LogP contribution in [0.4, 0.5) is 0 Å². The Morgan fingerprint density at radius 3 is 2.92 bits per heavy atom. The molecule has 12 heavy (non-hydrogen) atoms. The zero-order valence-electron chi connectivity index (χ0n) is 6.56. The lowest BCUT2D eigenvalue weighted by molar-refractivity contribution is -0.166. The van der Waals surface area contributed by atoms with Crippen LogP contribution in [0.1, 0.15) is 12.8 Å². The molecule has 2 aliphatic rings. The van der Waals surface area contributed by atoms with Gasteiger partial charge in [-0.05, 0) is 23.9 Å². The van der Waals surface area contributed by atoms with Crippen molar-refractivity contribution in [1.29, 1.82) is 0 Å². The third-order valence-corrected chi connectivity index (χ3v) is 2.06. The number of hydrogen-bond donors (Lipinski definition) is 2. The fraction of sp³-hybridized carbons (Fsp3) is 0.571. The van der Waals surface area contributed by atoms with Crippen molar-refractivity contribution in [3.63, 3.8) is 0 Å². The van der Waals surface area contributed by atoms with Gasteiger partial charge in [0.1, 0.15) is 12.3 Å². The van der Waals surface area contributed by atoms with Gasteiger partial charge in [0.15, 0.2) is 0 Å². The van der Waals surface area contributed by atoms with E-state index in [1.807, 2.05) is 0 Å². The SMILES string of the molecule is NC(=O)C(C1CC1)N1NC=CO1. The molecule has 1 heterocycles. The highest BCUT2D eigenvalue weighted by Gasteiger charge is 2.41. The second-order valence-corrected chi connectivity index (χ2v) is 3.05. The van der Waals surface area contributed by atoms with Crippen LogP contribution in [0.2, 0.25) is 0 Å². The zero-order chi connectivity index (χ0) is 8.55. The number of hydrogen-bond acceptors (Lipinski definition) is 4. The number of hydroxylamine groups is 1. The lowest BCUT2D eigenvalue weighted by Crippen LogP contribution is -2.48. The van der Waals surface area contributed by atoms with E-state index < -0.39 is 0 Å². The molecule has 1 atom stereocenters. The molecular formula is C7H11N3O2. The summed E-state index contributed by atoms with van der Waals surface area (Å²) >= 11 is 0. The van der Waals surface area contributed by atoms with Crippen LogP contribution in [-0.2, 0) is 9.63 Å². The molecule has 1 amide bonds. The van der Waals surface area contributed by atoms with Gasteiger partial charge < -0.3 is 10.6 Å². The fourth-order valence-corrected chi connectivity index (χ4v) is 1.33. The first-order valence-corrected chi connectivity index (χ1v) is 3.95. The quantitative estimate of drug-likeness (QED) is 0.596. The summed E-state index contributed by atoms with van der Waals surface area (Å²) in [7, 11) is 0. The molecule has 0 radical (unpaired) electrons. The molecule has 5 heteroatoms. The Morgan fingerprint density at radius 1 is 1.75 bits per heavy atom. The molecule has 0 spiro atoms. The molecule has 0 aromatic heterocycles. The Balaban J connectivity index is 2.00. The van der Waals surface area contributed by atoms with E-state index in [-0.39, 0.29) is 11.9 Å². The number of carbonyl (C=O) groups excluding carboxylic acids is 1. The number of nitrogens with one attached hydrogen (secondary N) is 1. The van der Waals surface area contributed by atoms with Crippen LogP contribution in [-0.4, -0.2) is 17.1 Å². The van der Waals surface area contributed by atoms with Gasteiger partial charge in [-0.15, -0.1) is 0 Å². The largest absolute Gasteiger partial charge is 0.392 e. The third-order valence-electron chi connectivity index (χ3n) is 2.06. The summed E-state index contributed by atoms with van der Waals surface area (Å²) in [6.45, 7) is 0. The van der Waals surface area contributed by atoms with E-state index in [4.69, 9.17) is 10.6 Å². The molecule has 1 fully saturated rings. The summed E-state index contributed by atoms with van der Waals surface area (Å²) < 4.78 is 0. The monoisotopic (exact) mass is 169 g/mol. The topological polar surface area (TPSA) is 67.6 Å². The lowest BCUT2D eigenvalue weighted by Gasteiger charge is -2.22. The van der Waals surface area contributed by atoms with Crippen molar-refractivity contribution >= 4 is 5.91 Å². The summed E-state index contributed by atoms with van der Waals surface area (Å²) in [6, 6.07) is -0.333. The van der Waals surface area contributed by atoms with Crippen LogP contribution in [0.15, 0.2) is 12.5 Å². The second-order valence-electron chi connectivity index (χ2n) is 3.05. The Bertz CT molecular complexity index is 217. The molecule has 5 nitrogen and oxygen atoms in total. The van der Waals surface area contributed by atoms with Gasteiger partial charge in [-0.25, -0.2) is 0 Å². The van der Waals surface area contributed by atoms with Gasteiger partial charge in [0.05, 0.1) is 6.20 Å². The van der Waals surface area contributed by atoms with Crippen LogP contribution >= 0.6 is 0 Å². The maximum atomic E-state index is 11.0. The number of primary amides is 1. The van der Waals surface area contributed by atoms with E-state index in [0.29, 0.717) is 5.92 Å². The molecule has 1 unspecified atom stereocenters. The molecule has 3 N–H and O–H groups in total. The fourth-order valence-electron chi connectivity index (χ4n) is 1.33. The van der Waals surface area contributed by atoms with E-state index in [0.717, 1.165) is 12.8 Å². The molecule has 0 bridgehead atoms. The van der Waals surface area contributed by atoms with Gasteiger partial charge in [0.2, 0.25) is 5.91 Å². The molecule has 0 aromatic rings. The van der Waals surface area contributed by atoms with Crippen molar-refractivity contribution in [2.45, 2.75) is 18.9 Å². The smallest absolute Gasteiger partial charge is 0.240 e. The minimum Gasteiger partial charge on any atom is -0.392 e. The van der Waals surface area contributed by atoms with Crippen LogP contribution in [0.3, 0.4) is 0 Å². The average Bonchev–Trinajstić information content (AvgIpc) is 2.65. The summed E-state index contributed by atoms with van der Waals surface area (Å²) in [5.41, 5.74) is 8.02. The van der Waals surface area contributed by atoms with Crippen molar-refractivity contribution in [2.75, 3.05) is 0 Å². The van der Waals surface area contributed by atoms with Crippen molar-refractivity contribution in [3.8, 4) is 0 Å². The van der Waals surface area contributed by atoms with Crippen LogP contribution in [0.5, 0.6) is 0 Å². The normalized spacial score (nSPS) is 24.7. The molecule has 1 aliphatic heterocycles. The molecule has 66 valence electrons. The van der Waals surface area contributed by atoms with E-state index in [1.54, 1.807) is 6.20 Å². The Hall–Kier alpha value is -1.23. The number of carbonyl (C=O) groups is 1. The van der Waals surface area contributed by atoms with Crippen molar-refractivity contribution < 1.29 is 9.63 Å². The molecule has 0 saturated heterocycles. The molecule has 2 rings (SSSR count). The number of nitrogens with zero attached hydrogens (tertiary/aromatic N) is 1. The van der Waals surface area contributed by atoms with Crippen molar-refractivity contribution in [1.82, 2.24) is 10.6 Å². The van der Waals surface area contributed by atoms with E-state index in [9.17, 15) is 4.79 Å². The number of amides is 1. The van der Waals surface area contributed by atoms with E-state index >= 15 is 0 Å². The highest BCUT2D eigenvalue weighted by Crippen LogP contribution is 2.35. The Labute approximate surface area is 70.1 Å². The van der Waals surface area contributed by atoms with Gasteiger partial charge in [0, 0.05) is 0 Å². The predicted molar refractivity (Wildman–Crippen MR) is 40.9 cm³/mol. The Kier molecular flexibility index (Phi) is 1.65. The predicted octanol–water partition coefficient (Wildman–Crippen LogP) is -0.527. The van der Waals surface area contributed by atoms with Crippen LogP contribution in [0, 0.1) is 5.92 Å². The second kappa shape index (κ2) is 2.67.